The molecule has 0 N–H and O–H groups in total. The third-order valence-corrected chi connectivity index (χ3v) is 1.55. The molecule has 0 rings (SSSR count). The van der Waals surface area contributed by atoms with Crippen LogP contribution in [0.3, 0.4) is 0 Å². The lowest BCUT2D eigenvalue weighted by Gasteiger charge is -2.21. The van der Waals surface area contributed by atoms with E-state index in [1.165, 1.54) is 0 Å². The molecular formula is C11H18. The van der Waals surface area contributed by atoms with Gasteiger partial charge in [0.2, 0.25) is 0 Å². The first-order chi connectivity index (χ1) is 4.99. The van der Waals surface area contributed by atoms with Crippen LogP contribution in [0.1, 0.15) is 33.6 Å². The van der Waals surface area contributed by atoms with Gasteiger partial charge in [-0.2, -0.15) is 0 Å². The summed E-state index contributed by atoms with van der Waals surface area (Å²) in [5, 5.41) is 0. The quantitative estimate of drug-likeness (QED) is 0.428. The number of hydrogen-bond donors (Lipinski definition) is 0. The van der Waals surface area contributed by atoms with E-state index in [0.29, 0.717) is 11.3 Å². The Morgan fingerprint density at radius 2 is 2.09 bits per heavy atom. The van der Waals surface area contributed by atoms with Crippen molar-refractivity contribution in [2.45, 2.75) is 33.6 Å². The molecule has 0 bridgehead atoms. The van der Waals surface area contributed by atoms with Crippen LogP contribution >= 0.6 is 0 Å². The van der Waals surface area contributed by atoms with Crippen LogP contribution < -0.4 is 0 Å². The summed E-state index contributed by atoms with van der Waals surface area (Å²) in [5.74, 6) is 3.16. The Labute approximate surface area is 70.7 Å². The van der Waals surface area contributed by atoms with Gasteiger partial charge in [-0.3, -0.25) is 0 Å². The zero-order valence-corrected chi connectivity index (χ0v) is 7.85. The Bertz CT molecular complexity index is 152. The van der Waals surface area contributed by atoms with Crippen LogP contribution in [-0.4, -0.2) is 0 Å². The van der Waals surface area contributed by atoms with Crippen LogP contribution in [0.25, 0.3) is 0 Å². The molecule has 0 aromatic carbocycles. The highest BCUT2D eigenvalue weighted by molar-refractivity contribution is 4.97. The van der Waals surface area contributed by atoms with Crippen molar-refractivity contribution >= 4 is 0 Å². The smallest absolute Gasteiger partial charge is 0.0239 e. The Morgan fingerprint density at radius 1 is 1.55 bits per heavy atom. The first-order valence-corrected chi connectivity index (χ1v) is 4.06. The number of hydrogen-bond acceptors (Lipinski definition) is 0. The minimum absolute atomic E-state index is 0.333. The third kappa shape index (κ3) is 5.73. The summed E-state index contributed by atoms with van der Waals surface area (Å²) >= 11 is 0. The van der Waals surface area contributed by atoms with Gasteiger partial charge in [-0.15, -0.1) is 18.9 Å². The largest absolute Gasteiger partial charge is 0.120 e. The molecule has 0 aliphatic heterocycles. The molecule has 0 heteroatoms. The van der Waals surface area contributed by atoms with E-state index in [0.717, 1.165) is 12.8 Å². The zero-order valence-electron chi connectivity index (χ0n) is 7.85. The predicted molar refractivity (Wildman–Crippen MR) is 51.2 cm³/mol. The summed E-state index contributed by atoms with van der Waals surface area (Å²) in [6.07, 6.45) is 9.28. The van der Waals surface area contributed by atoms with Gasteiger partial charge < -0.3 is 0 Å². The molecule has 62 valence electrons. The molecule has 0 fully saturated rings. The molecule has 11 heavy (non-hydrogen) atoms. The van der Waals surface area contributed by atoms with Crippen LogP contribution in [0.4, 0.5) is 0 Å². The van der Waals surface area contributed by atoms with E-state index in [-0.39, 0.29) is 0 Å². The molecule has 1 unspecified atom stereocenters. The Hall–Kier alpha value is -0.700. The summed E-state index contributed by atoms with van der Waals surface area (Å²) in [6.45, 7) is 10.3. The molecule has 0 saturated heterocycles. The first-order valence-electron chi connectivity index (χ1n) is 4.06. The lowest BCUT2D eigenvalue weighted by atomic mass is 9.84. The van der Waals surface area contributed by atoms with Crippen molar-refractivity contribution in [3.05, 3.63) is 12.7 Å². The summed E-state index contributed by atoms with van der Waals surface area (Å²) < 4.78 is 0. The zero-order chi connectivity index (χ0) is 8.91. The maximum Gasteiger partial charge on any atom is 0.0239 e. The van der Waals surface area contributed by atoms with E-state index in [1.54, 1.807) is 0 Å². The fourth-order valence-electron chi connectivity index (χ4n) is 1.15. The van der Waals surface area contributed by atoms with Gasteiger partial charge in [-0.1, -0.05) is 26.8 Å². The maximum atomic E-state index is 5.37. The van der Waals surface area contributed by atoms with Crippen molar-refractivity contribution in [1.82, 2.24) is 0 Å². The third-order valence-electron chi connectivity index (χ3n) is 1.55. The van der Waals surface area contributed by atoms with Crippen LogP contribution in [0.5, 0.6) is 0 Å². The van der Waals surface area contributed by atoms with Crippen LogP contribution in [-0.2, 0) is 0 Å². The maximum absolute atomic E-state index is 5.37. The number of rotatable bonds is 3. The molecule has 0 spiro atoms. The Kier molecular flexibility index (Phi) is 3.97. The lowest BCUT2D eigenvalue weighted by Crippen LogP contribution is -2.11. The molecule has 0 nitrogen and oxygen atoms in total. The van der Waals surface area contributed by atoms with Crippen molar-refractivity contribution in [3.63, 3.8) is 0 Å². The second-order valence-electron chi connectivity index (χ2n) is 4.15. The summed E-state index contributed by atoms with van der Waals surface area (Å²) in [5.41, 5.74) is 0.333. The fraction of sp³-hybridized carbons (Fsp3) is 0.636. The average Bonchev–Trinajstić information content (AvgIpc) is 1.84. The second kappa shape index (κ2) is 4.23. The predicted octanol–water partition coefficient (Wildman–Crippen LogP) is 3.25. The standard InChI is InChI=1S/C11H18/c1-6-8-10(7-2)9-11(3,4)5/h2,6,10H,1,8-9H2,3-5H3. The van der Waals surface area contributed by atoms with Crippen LogP contribution in [0.15, 0.2) is 12.7 Å². The Morgan fingerprint density at radius 3 is 2.36 bits per heavy atom. The van der Waals surface area contributed by atoms with E-state index in [4.69, 9.17) is 6.42 Å². The van der Waals surface area contributed by atoms with Gasteiger partial charge in [0.25, 0.3) is 0 Å². The molecule has 0 saturated carbocycles. The molecule has 0 heterocycles. The summed E-state index contributed by atoms with van der Waals surface area (Å²) in [4.78, 5) is 0. The van der Waals surface area contributed by atoms with E-state index < -0.39 is 0 Å². The van der Waals surface area contributed by atoms with Gasteiger partial charge in [0, 0.05) is 5.92 Å². The molecule has 1 atom stereocenters. The van der Waals surface area contributed by atoms with Gasteiger partial charge in [-0.25, -0.2) is 0 Å². The van der Waals surface area contributed by atoms with Gasteiger partial charge in [-0.05, 0) is 18.3 Å². The van der Waals surface area contributed by atoms with Crippen molar-refractivity contribution < 1.29 is 0 Å². The van der Waals surface area contributed by atoms with Crippen LogP contribution in [0, 0.1) is 23.7 Å². The lowest BCUT2D eigenvalue weighted by molar-refractivity contribution is 0.332. The molecule has 0 aromatic heterocycles. The van der Waals surface area contributed by atoms with Crippen molar-refractivity contribution in [2.75, 3.05) is 0 Å². The highest BCUT2D eigenvalue weighted by Crippen LogP contribution is 2.25. The van der Waals surface area contributed by atoms with E-state index in [2.05, 4.69) is 33.3 Å². The highest BCUT2D eigenvalue weighted by Gasteiger charge is 2.15. The van der Waals surface area contributed by atoms with Gasteiger partial charge in [0.05, 0.1) is 0 Å². The highest BCUT2D eigenvalue weighted by atomic mass is 14.2. The first kappa shape index (κ1) is 10.3. The molecule has 0 aromatic rings. The molecule has 0 aliphatic carbocycles. The monoisotopic (exact) mass is 150 g/mol. The van der Waals surface area contributed by atoms with E-state index in [1.807, 2.05) is 6.08 Å². The minimum atomic E-state index is 0.333. The fourth-order valence-corrected chi connectivity index (χ4v) is 1.15. The topological polar surface area (TPSA) is 0 Å². The summed E-state index contributed by atoms with van der Waals surface area (Å²) in [6, 6.07) is 0. The molecule has 0 radical (unpaired) electrons. The van der Waals surface area contributed by atoms with Gasteiger partial charge in [0.1, 0.15) is 0 Å². The van der Waals surface area contributed by atoms with Gasteiger partial charge >= 0.3 is 0 Å². The van der Waals surface area contributed by atoms with E-state index >= 15 is 0 Å². The Balaban J connectivity index is 3.90. The van der Waals surface area contributed by atoms with Gasteiger partial charge in [0.15, 0.2) is 0 Å². The normalized spacial score (nSPS) is 13.6. The SMILES string of the molecule is C#CC(CC=C)CC(C)(C)C. The average molecular weight is 150 g/mol. The molecule has 0 aliphatic rings. The van der Waals surface area contributed by atoms with E-state index in [9.17, 15) is 0 Å². The minimum Gasteiger partial charge on any atom is -0.120 e. The van der Waals surface area contributed by atoms with Crippen molar-refractivity contribution in [2.24, 2.45) is 11.3 Å². The van der Waals surface area contributed by atoms with Crippen LogP contribution in [0.2, 0.25) is 0 Å². The second-order valence-corrected chi connectivity index (χ2v) is 4.15. The van der Waals surface area contributed by atoms with Crippen molar-refractivity contribution in [1.29, 1.82) is 0 Å². The number of allylic oxidation sites excluding steroid dienone is 1. The summed E-state index contributed by atoms with van der Waals surface area (Å²) in [7, 11) is 0. The molecular weight excluding hydrogens is 132 g/mol. The van der Waals surface area contributed by atoms with Crippen molar-refractivity contribution in [3.8, 4) is 12.3 Å². The number of terminal acetylenes is 1. The molecule has 0 amide bonds.